The molecule has 0 aromatic heterocycles. The van der Waals surface area contributed by atoms with E-state index in [0.717, 1.165) is 6.42 Å². The summed E-state index contributed by atoms with van der Waals surface area (Å²) < 4.78 is 5.29. The van der Waals surface area contributed by atoms with Gasteiger partial charge in [-0.2, -0.15) is 0 Å². The van der Waals surface area contributed by atoms with Crippen LogP contribution in [0.1, 0.15) is 19.8 Å². The fourth-order valence-electron chi connectivity index (χ4n) is 1.47. The average molecular weight is 200 g/mol. The van der Waals surface area contributed by atoms with Gasteiger partial charge in [-0.1, -0.05) is 0 Å². The van der Waals surface area contributed by atoms with Crippen molar-refractivity contribution in [1.82, 2.24) is 5.32 Å². The molecule has 1 heterocycles. The number of nitrogens with one attached hydrogen (secondary N) is 1. The van der Waals surface area contributed by atoms with E-state index in [2.05, 4.69) is 5.32 Å². The molecule has 3 N–H and O–H groups in total. The molecule has 0 aromatic rings. The van der Waals surface area contributed by atoms with Crippen molar-refractivity contribution in [2.75, 3.05) is 13.2 Å². The van der Waals surface area contributed by atoms with E-state index in [4.69, 9.17) is 10.5 Å². The number of nitrogens with two attached hydrogens (primary N) is 1. The molecule has 0 bridgehead atoms. The molecule has 80 valence electrons. The molecule has 0 unspecified atom stereocenters. The Kier molecular flexibility index (Phi) is 4.03. The van der Waals surface area contributed by atoms with Gasteiger partial charge in [0.25, 0.3) is 0 Å². The number of ether oxygens (including phenoxy) is 1. The third-order valence-corrected chi connectivity index (χ3v) is 2.28. The maximum atomic E-state index is 11.0. The highest BCUT2D eigenvalue weighted by molar-refractivity contribution is 5.80. The molecule has 1 amide bonds. The minimum Gasteiger partial charge on any atom is -0.368 e. The quantitative estimate of drug-likeness (QED) is 0.624. The molecule has 1 fully saturated rings. The molecule has 14 heavy (non-hydrogen) atoms. The number of Topliss-reactive ketones (excluding diaryl/α,β-unsaturated/α-hetero) is 1. The number of hydrogen-bond donors (Lipinski definition) is 2. The lowest BCUT2D eigenvalue weighted by atomic mass is 10.0. The molecule has 1 saturated heterocycles. The molecule has 0 radical (unpaired) electrons. The zero-order chi connectivity index (χ0) is 10.6. The molecule has 0 aliphatic carbocycles. The van der Waals surface area contributed by atoms with Gasteiger partial charge in [-0.05, 0) is 19.8 Å². The highest BCUT2D eigenvalue weighted by Gasteiger charge is 2.24. The van der Waals surface area contributed by atoms with Crippen LogP contribution in [-0.2, 0) is 14.3 Å². The van der Waals surface area contributed by atoms with Crippen LogP contribution in [-0.4, -0.2) is 37.0 Å². The summed E-state index contributed by atoms with van der Waals surface area (Å²) in [4.78, 5) is 21.9. The van der Waals surface area contributed by atoms with E-state index in [9.17, 15) is 9.59 Å². The van der Waals surface area contributed by atoms with Gasteiger partial charge >= 0.3 is 0 Å². The second kappa shape index (κ2) is 5.07. The average Bonchev–Trinajstić information content (AvgIpc) is 2.18. The molecular weight excluding hydrogens is 184 g/mol. The van der Waals surface area contributed by atoms with Crippen molar-refractivity contribution in [1.29, 1.82) is 0 Å². The summed E-state index contributed by atoms with van der Waals surface area (Å²) in [6.45, 7) is 1.91. The summed E-state index contributed by atoms with van der Waals surface area (Å²) in [5.74, 6) is -0.131. The van der Waals surface area contributed by atoms with Crippen LogP contribution in [0.3, 0.4) is 0 Å². The Morgan fingerprint density at radius 3 is 2.64 bits per heavy atom. The first kappa shape index (κ1) is 11.1. The first-order valence-electron chi connectivity index (χ1n) is 4.75. The number of carbonyl (C=O) groups is 2. The standard InChI is InChI=1S/C9H16N2O3/c1-6(12)8-3-2-7(5-14-8)11-9(13)4-10/h7-8H,2-5,10H2,1H3,(H,11,13)/t7-,8+/m1/s1. The van der Waals surface area contributed by atoms with E-state index in [1.54, 1.807) is 0 Å². The molecule has 0 spiro atoms. The largest absolute Gasteiger partial charge is 0.368 e. The zero-order valence-corrected chi connectivity index (χ0v) is 8.29. The highest BCUT2D eigenvalue weighted by atomic mass is 16.5. The van der Waals surface area contributed by atoms with Crippen LogP contribution in [0.25, 0.3) is 0 Å². The van der Waals surface area contributed by atoms with Crippen LogP contribution in [0, 0.1) is 0 Å². The van der Waals surface area contributed by atoms with Crippen LogP contribution in [0.4, 0.5) is 0 Å². The molecule has 5 nitrogen and oxygen atoms in total. The molecule has 1 aliphatic heterocycles. The number of ketones is 1. The lowest BCUT2D eigenvalue weighted by molar-refractivity contribution is -0.132. The Labute approximate surface area is 83.0 Å². The van der Waals surface area contributed by atoms with Crippen molar-refractivity contribution in [3.63, 3.8) is 0 Å². The van der Waals surface area contributed by atoms with Gasteiger partial charge in [0.1, 0.15) is 6.10 Å². The summed E-state index contributed by atoms with van der Waals surface area (Å²) in [6, 6.07) is 0.00153. The minimum absolute atomic E-state index is 0.00153. The molecule has 0 aromatic carbocycles. The monoisotopic (exact) mass is 200 g/mol. The van der Waals surface area contributed by atoms with Crippen LogP contribution in [0.15, 0.2) is 0 Å². The van der Waals surface area contributed by atoms with Crippen molar-refractivity contribution in [2.45, 2.75) is 31.9 Å². The summed E-state index contributed by atoms with van der Waals surface area (Å²) >= 11 is 0. The molecule has 1 rings (SSSR count). The van der Waals surface area contributed by atoms with Gasteiger partial charge in [0, 0.05) is 0 Å². The Balaban J connectivity index is 2.29. The van der Waals surface area contributed by atoms with Crippen LogP contribution in [0.5, 0.6) is 0 Å². The van der Waals surface area contributed by atoms with Gasteiger partial charge in [-0.25, -0.2) is 0 Å². The summed E-state index contributed by atoms with van der Waals surface area (Å²) in [5, 5.41) is 2.73. The minimum atomic E-state index is -0.291. The topological polar surface area (TPSA) is 81.4 Å². The van der Waals surface area contributed by atoms with Crippen molar-refractivity contribution in [3.8, 4) is 0 Å². The normalized spacial score (nSPS) is 27.0. The van der Waals surface area contributed by atoms with E-state index in [0.29, 0.717) is 13.0 Å². The highest BCUT2D eigenvalue weighted by Crippen LogP contribution is 2.14. The number of hydrogen-bond acceptors (Lipinski definition) is 4. The zero-order valence-electron chi connectivity index (χ0n) is 8.29. The molecule has 1 aliphatic rings. The lowest BCUT2D eigenvalue weighted by Crippen LogP contribution is -2.46. The second-order valence-electron chi connectivity index (χ2n) is 3.48. The molecule has 0 saturated carbocycles. The van der Waals surface area contributed by atoms with Crippen molar-refractivity contribution >= 4 is 11.7 Å². The Hall–Kier alpha value is -0.940. The van der Waals surface area contributed by atoms with E-state index in [-0.39, 0.29) is 30.4 Å². The number of amides is 1. The molecule has 5 heteroatoms. The van der Waals surface area contributed by atoms with Gasteiger partial charge in [-0.3, -0.25) is 9.59 Å². The summed E-state index contributed by atoms with van der Waals surface area (Å²) in [5.41, 5.74) is 5.16. The van der Waals surface area contributed by atoms with Gasteiger partial charge < -0.3 is 15.8 Å². The first-order valence-corrected chi connectivity index (χ1v) is 4.75. The van der Waals surface area contributed by atoms with E-state index < -0.39 is 0 Å². The Morgan fingerprint density at radius 1 is 1.50 bits per heavy atom. The van der Waals surface area contributed by atoms with E-state index in [1.807, 2.05) is 0 Å². The SMILES string of the molecule is CC(=O)[C@@H]1CC[C@@H](NC(=O)CN)CO1. The van der Waals surface area contributed by atoms with Gasteiger partial charge in [0.2, 0.25) is 5.91 Å². The fourth-order valence-corrected chi connectivity index (χ4v) is 1.47. The maximum Gasteiger partial charge on any atom is 0.234 e. The lowest BCUT2D eigenvalue weighted by Gasteiger charge is -2.27. The molecule has 2 atom stereocenters. The van der Waals surface area contributed by atoms with E-state index >= 15 is 0 Å². The maximum absolute atomic E-state index is 11.0. The Bertz CT molecular complexity index is 222. The van der Waals surface area contributed by atoms with Crippen LogP contribution in [0.2, 0.25) is 0 Å². The van der Waals surface area contributed by atoms with Gasteiger partial charge in [0.05, 0.1) is 19.2 Å². The van der Waals surface area contributed by atoms with E-state index in [1.165, 1.54) is 6.92 Å². The predicted molar refractivity (Wildman–Crippen MR) is 50.6 cm³/mol. The Morgan fingerprint density at radius 2 is 2.21 bits per heavy atom. The van der Waals surface area contributed by atoms with Crippen molar-refractivity contribution < 1.29 is 14.3 Å². The number of rotatable bonds is 3. The fraction of sp³-hybridized carbons (Fsp3) is 0.778. The number of carbonyl (C=O) groups excluding carboxylic acids is 2. The van der Waals surface area contributed by atoms with Crippen LogP contribution >= 0.6 is 0 Å². The predicted octanol–water partition coefficient (Wildman–Crippen LogP) is -0.802. The summed E-state index contributed by atoms with van der Waals surface area (Å²) in [7, 11) is 0. The van der Waals surface area contributed by atoms with Gasteiger partial charge in [0.15, 0.2) is 5.78 Å². The third kappa shape index (κ3) is 3.08. The van der Waals surface area contributed by atoms with Crippen LogP contribution < -0.4 is 11.1 Å². The third-order valence-electron chi connectivity index (χ3n) is 2.28. The second-order valence-corrected chi connectivity index (χ2v) is 3.48. The first-order chi connectivity index (χ1) is 6.63. The van der Waals surface area contributed by atoms with Crippen molar-refractivity contribution in [3.05, 3.63) is 0 Å². The molecular formula is C9H16N2O3. The smallest absolute Gasteiger partial charge is 0.234 e. The van der Waals surface area contributed by atoms with Gasteiger partial charge in [-0.15, -0.1) is 0 Å². The summed E-state index contributed by atoms with van der Waals surface area (Å²) in [6.07, 6.45) is 1.15. The van der Waals surface area contributed by atoms with Crippen molar-refractivity contribution in [2.24, 2.45) is 5.73 Å².